The molecule has 1 aromatic heterocycles. The van der Waals surface area contributed by atoms with Crippen LogP contribution in [0.4, 0.5) is 0 Å². The SMILES string of the molecule is C=C/C=c1/oc(CCN)n/c1=C/CC. The number of allylic oxidation sites excluding steroid dienone is 1. The highest BCUT2D eigenvalue weighted by Crippen LogP contribution is 1.87. The summed E-state index contributed by atoms with van der Waals surface area (Å²) in [6.45, 7) is 6.25. The average molecular weight is 192 g/mol. The Balaban J connectivity index is 3.19. The van der Waals surface area contributed by atoms with Crippen LogP contribution in [0.15, 0.2) is 17.1 Å². The van der Waals surface area contributed by atoms with E-state index in [2.05, 4.69) is 18.5 Å². The van der Waals surface area contributed by atoms with E-state index in [0.717, 1.165) is 17.2 Å². The molecule has 3 heteroatoms. The van der Waals surface area contributed by atoms with E-state index in [-0.39, 0.29) is 0 Å². The fraction of sp³-hybridized carbons (Fsp3) is 0.364. The lowest BCUT2D eigenvalue weighted by Crippen LogP contribution is -2.21. The molecule has 14 heavy (non-hydrogen) atoms. The van der Waals surface area contributed by atoms with Gasteiger partial charge in [-0.2, -0.15) is 0 Å². The third-order valence-corrected chi connectivity index (χ3v) is 1.75. The van der Waals surface area contributed by atoms with Gasteiger partial charge in [0.2, 0.25) is 0 Å². The summed E-state index contributed by atoms with van der Waals surface area (Å²) in [5, 5.41) is 0.885. The minimum Gasteiger partial charge on any atom is -0.441 e. The van der Waals surface area contributed by atoms with E-state index in [1.807, 2.05) is 12.2 Å². The van der Waals surface area contributed by atoms with Gasteiger partial charge in [0.05, 0.1) is 0 Å². The van der Waals surface area contributed by atoms with E-state index >= 15 is 0 Å². The molecule has 1 heterocycles. The number of hydrogen-bond donors (Lipinski definition) is 1. The Hall–Kier alpha value is -1.35. The molecule has 0 amide bonds. The van der Waals surface area contributed by atoms with Crippen LogP contribution in [0.25, 0.3) is 12.2 Å². The van der Waals surface area contributed by atoms with Crippen LogP contribution in [0.3, 0.4) is 0 Å². The molecule has 0 spiro atoms. The van der Waals surface area contributed by atoms with Crippen LogP contribution in [-0.2, 0) is 6.42 Å². The quantitative estimate of drug-likeness (QED) is 0.748. The van der Waals surface area contributed by atoms with Gasteiger partial charge in [0.1, 0.15) is 5.35 Å². The van der Waals surface area contributed by atoms with E-state index in [4.69, 9.17) is 10.2 Å². The molecular weight excluding hydrogens is 176 g/mol. The summed E-state index contributed by atoms with van der Waals surface area (Å²) >= 11 is 0. The Kier molecular flexibility index (Phi) is 4.13. The maximum Gasteiger partial charge on any atom is 0.196 e. The fourth-order valence-electron chi connectivity index (χ4n) is 1.19. The van der Waals surface area contributed by atoms with Crippen LogP contribution >= 0.6 is 0 Å². The van der Waals surface area contributed by atoms with Crippen molar-refractivity contribution in [3.05, 3.63) is 29.3 Å². The van der Waals surface area contributed by atoms with Gasteiger partial charge < -0.3 is 10.2 Å². The Labute approximate surface area is 83.6 Å². The molecule has 0 unspecified atom stereocenters. The molecule has 0 saturated carbocycles. The number of nitrogens with two attached hydrogens (primary N) is 1. The van der Waals surface area contributed by atoms with Gasteiger partial charge in [0.15, 0.2) is 11.3 Å². The molecular formula is C11H16N2O. The maximum absolute atomic E-state index is 5.50. The summed E-state index contributed by atoms with van der Waals surface area (Å²) in [7, 11) is 0. The Morgan fingerprint density at radius 1 is 1.57 bits per heavy atom. The summed E-state index contributed by atoms with van der Waals surface area (Å²) in [4.78, 5) is 4.33. The molecule has 0 atom stereocenters. The number of rotatable bonds is 4. The molecule has 1 rings (SSSR count). The van der Waals surface area contributed by atoms with Crippen molar-refractivity contribution in [2.75, 3.05) is 6.54 Å². The van der Waals surface area contributed by atoms with E-state index in [0.29, 0.717) is 18.9 Å². The van der Waals surface area contributed by atoms with Crippen molar-refractivity contribution in [1.29, 1.82) is 0 Å². The largest absolute Gasteiger partial charge is 0.441 e. The third kappa shape index (κ3) is 2.57. The van der Waals surface area contributed by atoms with Gasteiger partial charge in [0, 0.05) is 13.0 Å². The van der Waals surface area contributed by atoms with Crippen LogP contribution in [0, 0.1) is 0 Å². The first-order valence-electron chi connectivity index (χ1n) is 4.80. The highest BCUT2D eigenvalue weighted by atomic mass is 16.3. The Morgan fingerprint density at radius 3 is 2.93 bits per heavy atom. The summed E-state index contributed by atoms with van der Waals surface area (Å²) in [6.07, 6.45) is 7.15. The molecule has 0 saturated heterocycles. The lowest BCUT2D eigenvalue weighted by atomic mass is 10.4. The molecule has 0 aliphatic carbocycles. The number of nitrogens with zero attached hydrogens (tertiary/aromatic N) is 1. The molecule has 2 N–H and O–H groups in total. The van der Waals surface area contributed by atoms with Gasteiger partial charge in [-0.15, -0.1) is 0 Å². The van der Waals surface area contributed by atoms with Crippen molar-refractivity contribution >= 4 is 12.2 Å². The van der Waals surface area contributed by atoms with Crippen molar-refractivity contribution in [3.63, 3.8) is 0 Å². The lowest BCUT2D eigenvalue weighted by molar-refractivity contribution is 0.470. The molecule has 3 nitrogen and oxygen atoms in total. The number of oxazole rings is 1. The zero-order chi connectivity index (χ0) is 10.4. The highest BCUT2D eigenvalue weighted by Gasteiger charge is 1.99. The van der Waals surface area contributed by atoms with Crippen molar-refractivity contribution in [3.8, 4) is 0 Å². The first-order valence-corrected chi connectivity index (χ1v) is 4.80. The van der Waals surface area contributed by atoms with Gasteiger partial charge in [-0.1, -0.05) is 25.7 Å². The zero-order valence-corrected chi connectivity index (χ0v) is 8.49. The minimum atomic E-state index is 0.555. The predicted molar refractivity (Wildman–Crippen MR) is 57.9 cm³/mol. The zero-order valence-electron chi connectivity index (χ0n) is 8.49. The smallest absolute Gasteiger partial charge is 0.196 e. The Morgan fingerprint density at radius 2 is 2.36 bits per heavy atom. The topological polar surface area (TPSA) is 52.0 Å². The highest BCUT2D eigenvalue weighted by molar-refractivity contribution is 5.33. The van der Waals surface area contributed by atoms with Gasteiger partial charge in [-0.3, -0.25) is 0 Å². The maximum atomic E-state index is 5.50. The molecule has 0 fully saturated rings. The first kappa shape index (κ1) is 10.7. The summed E-state index contributed by atoms with van der Waals surface area (Å²) in [6, 6.07) is 0. The minimum absolute atomic E-state index is 0.555. The van der Waals surface area contributed by atoms with Crippen molar-refractivity contribution < 1.29 is 4.42 Å². The van der Waals surface area contributed by atoms with Crippen molar-refractivity contribution in [2.45, 2.75) is 19.8 Å². The molecule has 0 aromatic carbocycles. The van der Waals surface area contributed by atoms with Gasteiger partial charge in [-0.05, 0) is 12.5 Å². The van der Waals surface area contributed by atoms with Crippen LogP contribution in [-0.4, -0.2) is 11.5 Å². The number of aromatic nitrogens is 1. The van der Waals surface area contributed by atoms with E-state index < -0.39 is 0 Å². The summed E-state index contributed by atoms with van der Waals surface area (Å²) in [5.74, 6) is 0.695. The van der Waals surface area contributed by atoms with Gasteiger partial charge >= 0.3 is 0 Å². The van der Waals surface area contributed by atoms with Crippen LogP contribution in [0.5, 0.6) is 0 Å². The second-order valence-corrected chi connectivity index (χ2v) is 2.91. The molecule has 1 aromatic rings. The van der Waals surface area contributed by atoms with E-state index in [1.54, 1.807) is 6.08 Å². The molecule has 0 aliphatic rings. The number of hydrogen-bond acceptors (Lipinski definition) is 3. The van der Waals surface area contributed by atoms with Gasteiger partial charge in [0.25, 0.3) is 0 Å². The lowest BCUT2D eigenvalue weighted by Gasteiger charge is -1.85. The van der Waals surface area contributed by atoms with Gasteiger partial charge in [-0.25, -0.2) is 4.98 Å². The van der Waals surface area contributed by atoms with Crippen LogP contribution in [0.2, 0.25) is 0 Å². The second-order valence-electron chi connectivity index (χ2n) is 2.91. The Bertz CT molecular complexity index is 403. The molecule has 0 aliphatic heterocycles. The van der Waals surface area contributed by atoms with Crippen molar-refractivity contribution in [2.24, 2.45) is 5.73 Å². The molecule has 0 bridgehead atoms. The standard InChI is InChI=1S/C11H16N2O/c1-3-5-9-10(6-4-2)14-11(13-9)7-8-12/h4-6H,2-3,7-8,12H2,1H3/b9-5+,10-6+. The summed E-state index contributed by atoms with van der Waals surface area (Å²) in [5.41, 5.74) is 6.20. The van der Waals surface area contributed by atoms with E-state index in [1.165, 1.54) is 0 Å². The van der Waals surface area contributed by atoms with E-state index in [9.17, 15) is 0 Å². The third-order valence-electron chi connectivity index (χ3n) is 1.75. The average Bonchev–Trinajstić information content (AvgIpc) is 2.50. The molecule has 76 valence electrons. The van der Waals surface area contributed by atoms with Crippen molar-refractivity contribution in [1.82, 2.24) is 4.98 Å². The fourth-order valence-corrected chi connectivity index (χ4v) is 1.19. The normalized spacial score (nSPS) is 13.6. The first-order chi connectivity index (χ1) is 6.81. The monoisotopic (exact) mass is 192 g/mol. The van der Waals surface area contributed by atoms with Crippen LogP contribution in [0.1, 0.15) is 19.2 Å². The predicted octanol–water partition coefficient (Wildman–Crippen LogP) is 0.333. The summed E-state index contributed by atoms with van der Waals surface area (Å²) < 4.78 is 5.50. The molecule has 0 radical (unpaired) electrons. The second kappa shape index (κ2) is 5.40. The van der Waals surface area contributed by atoms with Crippen LogP contribution < -0.4 is 16.5 Å².